The molecule has 1 aliphatic carbocycles. The minimum atomic E-state index is -0.384. The van der Waals surface area contributed by atoms with Gasteiger partial charge in [0.1, 0.15) is 5.75 Å². The van der Waals surface area contributed by atoms with Crippen LogP contribution in [-0.4, -0.2) is 11.8 Å². The fourth-order valence-electron chi connectivity index (χ4n) is 3.36. The van der Waals surface area contributed by atoms with Crippen molar-refractivity contribution < 1.29 is 14.3 Å². The van der Waals surface area contributed by atoms with Gasteiger partial charge in [0.2, 0.25) is 0 Å². The van der Waals surface area contributed by atoms with Crippen LogP contribution in [0.5, 0.6) is 5.75 Å². The lowest BCUT2D eigenvalue weighted by Crippen LogP contribution is -2.31. The van der Waals surface area contributed by atoms with Crippen LogP contribution in [0, 0.1) is 11.3 Å². The van der Waals surface area contributed by atoms with Crippen molar-refractivity contribution in [1.82, 2.24) is 5.32 Å². The molecular formula is C19H18N2O3. The average molecular weight is 322 g/mol. The molecule has 0 spiro atoms. The Kier molecular flexibility index (Phi) is 4.22. The smallest absolute Gasteiger partial charge is 0.308 e. The number of dihydropyridines is 1. The van der Waals surface area contributed by atoms with Gasteiger partial charge in [0.15, 0.2) is 5.78 Å². The van der Waals surface area contributed by atoms with Crippen LogP contribution < -0.4 is 10.1 Å². The first kappa shape index (κ1) is 16.0. The lowest BCUT2D eigenvalue weighted by Gasteiger charge is -2.32. The standard InChI is InChI=1S/C19H18N2O3/c1-11-15(10-20)18(19-16(21-11)4-3-5-17(19)23)13-6-8-14(9-7-13)24-12(2)22/h6-9,18,21H,3-5H2,1-2H3/t18-/m1/s1. The molecule has 0 fully saturated rings. The van der Waals surface area contributed by atoms with Gasteiger partial charge in [-0.3, -0.25) is 9.59 Å². The molecule has 0 aromatic heterocycles. The van der Waals surface area contributed by atoms with Gasteiger partial charge in [0.05, 0.1) is 17.6 Å². The second-order valence-corrected chi connectivity index (χ2v) is 6.04. The Hall–Kier alpha value is -2.87. The molecule has 1 atom stereocenters. The number of ketones is 1. The van der Waals surface area contributed by atoms with E-state index in [1.807, 2.05) is 19.1 Å². The maximum Gasteiger partial charge on any atom is 0.308 e. The molecule has 2 aliphatic rings. The Labute approximate surface area is 140 Å². The topological polar surface area (TPSA) is 79.2 Å². The fraction of sp³-hybridized carbons (Fsp3) is 0.316. The molecule has 3 rings (SSSR count). The van der Waals surface area contributed by atoms with Gasteiger partial charge in [0, 0.05) is 30.3 Å². The third kappa shape index (κ3) is 2.83. The molecule has 1 aliphatic heterocycles. The van der Waals surface area contributed by atoms with E-state index < -0.39 is 0 Å². The number of benzene rings is 1. The van der Waals surface area contributed by atoms with Crippen LogP contribution in [0.25, 0.3) is 0 Å². The van der Waals surface area contributed by atoms with E-state index in [2.05, 4.69) is 11.4 Å². The summed E-state index contributed by atoms with van der Waals surface area (Å²) in [5.74, 6) is -0.197. The highest BCUT2D eigenvalue weighted by molar-refractivity contribution is 5.99. The van der Waals surface area contributed by atoms with E-state index in [4.69, 9.17) is 4.74 Å². The van der Waals surface area contributed by atoms with Crippen molar-refractivity contribution in [1.29, 1.82) is 5.26 Å². The summed E-state index contributed by atoms with van der Waals surface area (Å²) >= 11 is 0. The molecule has 1 N–H and O–H groups in total. The monoisotopic (exact) mass is 322 g/mol. The number of allylic oxidation sites excluding steroid dienone is 4. The van der Waals surface area contributed by atoms with Crippen LogP contribution in [-0.2, 0) is 9.59 Å². The minimum Gasteiger partial charge on any atom is -0.427 e. The Morgan fingerprint density at radius 2 is 2.00 bits per heavy atom. The molecule has 1 aromatic rings. The minimum absolute atomic E-state index is 0.0954. The Morgan fingerprint density at radius 1 is 1.29 bits per heavy atom. The van der Waals surface area contributed by atoms with Crippen LogP contribution in [0.4, 0.5) is 0 Å². The maximum atomic E-state index is 12.5. The zero-order chi connectivity index (χ0) is 17.3. The van der Waals surface area contributed by atoms with Gasteiger partial charge >= 0.3 is 5.97 Å². The zero-order valence-corrected chi connectivity index (χ0v) is 13.7. The van der Waals surface area contributed by atoms with E-state index in [0.29, 0.717) is 23.3 Å². The highest BCUT2D eigenvalue weighted by atomic mass is 16.5. The molecule has 24 heavy (non-hydrogen) atoms. The molecule has 1 aromatic carbocycles. The van der Waals surface area contributed by atoms with Gasteiger partial charge in [-0.05, 0) is 37.5 Å². The van der Waals surface area contributed by atoms with Crippen molar-refractivity contribution in [3.63, 3.8) is 0 Å². The van der Waals surface area contributed by atoms with Gasteiger partial charge in [-0.2, -0.15) is 5.26 Å². The third-order valence-corrected chi connectivity index (χ3v) is 4.37. The number of nitriles is 1. The summed E-state index contributed by atoms with van der Waals surface area (Å²) in [5.41, 5.74) is 3.83. The van der Waals surface area contributed by atoms with Crippen LogP contribution in [0.15, 0.2) is 46.8 Å². The number of carbonyl (C=O) groups excluding carboxylic acids is 2. The number of hydrogen-bond donors (Lipinski definition) is 1. The molecule has 5 nitrogen and oxygen atoms in total. The highest BCUT2D eigenvalue weighted by Crippen LogP contribution is 2.41. The summed E-state index contributed by atoms with van der Waals surface area (Å²) in [6.45, 7) is 3.21. The van der Waals surface area contributed by atoms with Gasteiger partial charge in [0.25, 0.3) is 0 Å². The number of ether oxygens (including phenoxy) is 1. The number of rotatable bonds is 2. The van der Waals surface area contributed by atoms with Gasteiger partial charge in [-0.1, -0.05) is 12.1 Å². The van der Waals surface area contributed by atoms with E-state index >= 15 is 0 Å². The van der Waals surface area contributed by atoms with Gasteiger partial charge in [-0.25, -0.2) is 0 Å². The van der Waals surface area contributed by atoms with Crippen molar-refractivity contribution in [3.8, 4) is 11.8 Å². The zero-order valence-electron chi connectivity index (χ0n) is 13.7. The second kappa shape index (κ2) is 6.32. The molecule has 5 heteroatoms. The van der Waals surface area contributed by atoms with Crippen LogP contribution >= 0.6 is 0 Å². The third-order valence-electron chi connectivity index (χ3n) is 4.37. The summed E-state index contributed by atoms with van der Waals surface area (Å²) in [5, 5.41) is 12.8. The number of nitrogens with zero attached hydrogens (tertiary/aromatic N) is 1. The summed E-state index contributed by atoms with van der Waals surface area (Å²) in [6, 6.07) is 9.25. The number of esters is 1. The average Bonchev–Trinajstić information content (AvgIpc) is 2.54. The predicted octanol–water partition coefficient (Wildman–Crippen LogP) is 3.10. The van der Waals surface area contributed by atoms with Crippen LogP contribution in [0.1, 0.15) is 44.6 Å². The summed E-state index contributed by atoms with van der Waals surface area (Å²) in [7, 11) is 0. The fourth-order valence-corrected chi connectivity index (χ4v) is 3.36. The number of carbonyl (C=O) groups is 2. The molecule has 0 saturated carbocycles. The number of nitrogens with one attached hydrogen (secondary N) is 1. The number of hydrogen-bond acceptors (Lipinski definition) is 5. The first-order chi connectivity index (χ1) is 11.5. The summed E-state index contributed by atoms with van der Waals surface area (Å²) in [4.78, 5) is 23.5. The van der Waals surface area contributed by atoms with Gasteiger partial charge in [-0.15, -0.1) is 0 Å². The Morgan fingerprint density at radius 3 is 2.62 bits per heavy atom. The van der Waals surface area contributed by atoms with Crippen molar-refractivity contribution >= 4 is 11.8 Å². The SMILES string of the molecule is CC(=O)Oc1ccc([C@@H]2C(C#N)=C(C)NC3=C2C(=O)CCC3)cc1. The quantitative estimate of drug-likeness (QED) is 0.668. The maximum absolute atomic E-state index is 12.5. The Balaban J connectivity index is 2.05. The van der Waals surface area contributed by atoms with E-state index in [-0.39, 0.29) is 17.7 Å². The van der Waals surface area contributed by atoms with E-state index in [9.17, 15) is 14.9 Å². The lowest BCUT2D eigenvalue weighted by atomic mass is 9.76. The molecule has 0 radical (unpaired) electrons. The summed E-state index contributed by atoms with van der Waals surface area (Å²) < 4.78 is 5.05. The molecule has 122 valence electrons. The van der Waals surface area contributed by atoms with Crippen LogP contribution in [0.2, 0.25) is 0 Å². The van der Waals surface area contributed by atoms with Crippen LogP contribution in [0.3, 0.4) is 0 Å². The van der Waals surface area contributed by atoms with E-state index in [0.717, 1.165) is 29.8 Å². The van der Waals surface area contributed by atoms with Crippen molar-refractivity contribution in [2.45, 2.75) is 39.0 Å². The van der Waals surface area contributed by atoms with E-state index in [1.54, 1.807) is 12.1 Å². The van der Waals surface area contributed by atoms with Crippen molar-refractivity contribution in [2.24, 2.45) is 0 Å². The second-order valence-electron chi connectivity index (χ2n) is 6.04. The first-order valence-corrected chi connectivity index (χ1v) is 7.93. The van der Waals surface area contributed by atoms with Gasteiger partial charge < -0.3 is 10.1 Å². The first-order valence-electron chi connectivity index (χ1n) is 7.93. The predicted molar refractivity (Wildman–Crippen MR) is 87.8 cm³/mol. The van der Waals surface area contributed by atoms with Crippen molar-refractivity contribution in [2.75, 3.05) is 0 Å². The normalized spacial score (nSPS) is 20.2. The molecule has 0 unspecified atom stereocenters. The van der Waals surface area contributed by atoms with E-state index in [1.165, 1.54) is 6.92 Å². The lowest BCUT2D eigenvalue weighted by molar-refractivity contribution is -0.131. The molecule has 1 heterocycles. The Bertz CT molecular complexity index is 810. The molecule has 0 amide bonds. The summed E-state index contributed by atoms with van der Waals surface area (Å²) in [6.07, 6.45) is 2.16. The highest BCUT2D eigenvalue weighted by Gasteiger charge is 2.35. The number of Topliss-reactive ketones (excluding diaryl/α,β-unsaturated/α-hetero) is 1. The molecule has 0 bridgehead atoms. The molecule has 0 saturated heterocycles. The largest absolute Gasteiger partial charge is 0.427 e. The van der Waals surface area contributed by atoms with Crippen molar-refractivity contribution in [3.05, 3.63) is 52.4 Å². The molecular weight excluding hydrogens is 304 g/mol.